The second kappa shape index (κ2) is 10.4. The maximum Gasteiger partial charge on any atom is 0.220 e. The summed E-state index contributed by atoms with van der Waals surface area (Å²) in [4.78, 5) is 16.4. The van der Waals surface area contributed by atoms with Crippen molar-refractivity contribution in [2.45, 2.75) is 46.0 Å². The Morgan fingerprint density at radius 3 is 2.52 bits per heavy atom. The summed E-state index contributed by atoms with van der Waals surface area (Å²) in [5.74, 6) is 1.77. The number of aryl methyl sites for hydroxylation is 1. The zero-order valence-corrected chi connectivity index (χ0v) is 19.2. The van der Waals surface area contributed by atoms with Gasteiger partial charge in [-0.25, -0.2) is 0 Å². The number of methoxy groups -OCH3 is 2. The summed E-state index contributed by atoms with van der Waals surface area (Å²) >= 11 is 0. The summed E-state index contributed by atoms with van der Waals surface area (Å²) in [5, 5.41) is 4.23. The summed E-state index contributed by atoms with van der Waals surface area (Å²) in [6, 6.07) is 12.2. The third kappa shape index (κ3) is 5.04. The van der Waals surface area contributed by atoms with Gasteiger partial charge in [-0.05, 0) is 36.0 Å². The Morgan fingerprint density at radius 2 is 1.84 bits per heavy atom. The van der Waals surface area contributed by atoms with Crippen molar-refractivity contribution in [1.82, 2.24) is 10.3 Å². The van der Waals surface area contributed by atoms with Crippen molar-refractivity contribution in [2.24, 2.45) is 5.92 Å². The minimum atomic E-state index is -0.162. The number of benzene rings is 2. The lowest BCUT2D eigenvalue weighted by Crippen LogP contribution is -2.27. The van der Waals surface area contributed by atoms with E-state index >= 15 is 0 Å². The fraction of sp³-hybridized carbons (Fsp3) is 0.423. The van der Waals surface area contributed by atoms with Crippen LogP contribution in [0, 0.1) is 5.92 Å². The number of amides is 1. The van der Waals surface area contributed by atoms with Crippen molar-refractivity contribution in [2.75, 3.05) is 20.8 Å². The SMILES string of the molecule is CCc1cccc2c(C(CC(=O)NCCC(C)C)c3cccc(OC)c3OC)c[nH]c12. The third-order valence-electron chi connectivity index (χ3n) is 5.83. The molecule has 0 saturated carbocycles. The van der Waals surface area contributed by atoms with Crippen LogP contribution in [0.4, 0.5) is 0 Å². The van der Waals surface area contributed by atoms with Gasteiger partial charge in [-0.2, -0.15) is 0 Å². The van der Waals surface area contributed by atoms with Crippen LogP contribution in [-0.2, 0) is 11.2 Å². The van der Waals surface area contributed by atoms with E-state index in [2.05, 4.69) is 49.3 Å². The number of H-pyrrole nitrogens is 1. The van der Waals surface area contributed by atoms with Crippen LogP contribution in [0.5, 0.6) is 11.5 Å². The van der Waals surface area contributed by atoms with Crippen LogP contribution < -0.4 is 14.8 Å². The molecule has 0 bridgehead atoms. The molecule has 2 N–H and O–H groups in total. The topological polar surface area (TPSA) is 63.4 Å². The molecule has 0 spiro atoms. The largest absolute Gasteiger partial charge is 0.493 e. The third-order valence-corrected chi connectivity index (χ3v) is 5.83. The van der Waals surface area contributed by atoms with E-state index in [-0.39, 0.29) is 11.8 Å². The van der Waals surface area contributed by atoms with Crippen LogP contribution in [-0.4, -0.2) is 31.7 Å². The summed E-state index contributed by atoms with van der Waals surface area (Å²) in [6.45, 7) is 7.16. The van der Waals surface area contributed by atoms with Gasteiger partial charge >= 0.3 is 0 Å². The van der Waals surface area contributed by atoms with Crippen molar-refractivity contribution in [1.29, 1.82) is 0 Å². The van der Waals surface area contributed by atoms with Gasteiger partial charge < -0.3 is 19.8 Å². The van der Waals surface area contributed by atoms with Crippen LogP contribution >= 0.6 is 0 Å². The molecular weight excluding hydrogens is 388 g/mol. The highest BCUT2D eigenvalue weighted by atomic mass is 16.5. The maximum absolute atomic E-state index is 12.9. The highest BCUT2D eigenvalue weighted by Crippen LogP contribution is 2.42. The highest BCUT2D eigenvalue weighted by Gasteiger charge is 2.26. The quantitative estimate of drug-likeness (QED) is 0.458. The highest BCUT2D eigenvalue weighted by molar-refractivity contribution is 5.88. The first-order valence-electron chi connectivity index (χ1n) is 11.1. The Bertz CT molecular complexity index is 1020. The predicted molar refractivity (Wildman–Crippen MR) is 126 cm³/mol. The van der Waals surface area contributed by atoms with Crippen molar-refractivity contribution in [3.8, 4) is 11.5 Å². The number of hydrogen-bond acceptors (Lipinski definition) is 3. The second-order valence-corrected chi connectivity index (χ2v) is 8.31. The van der Waals surface area contributed by atoms with Gasteiger partial charge in [0.25, 0.3) is 0 Å². The van der Waals surface area contributed by atoms with Crippen LogP contribution in [0.2, 0.25) is 0 Å². The molecular formula is C26H34N2O3. The number of aromatic amines is 1. The Morgan fingerprint density at radius 1 is 1.06 bits per heavy atom. The van der Waals surface area contributed by atoms with Gasteiger partial charge in [-0.15, -0.1) is 0 Å². The van der Waals surface area contributed by atoms with Crippen LogP contribution in [0.25, 0.3) is 10.9 Å². The van der Waals surface area contributed by atoms with Gasteiger partial charge in [-0.3, -0.25) is 4.79 Å². The average Bonchev–Trinajstić information content (AvgIpc) is 3.20. The summed E-state index contributed by atoms with van der Waals surface area (Å²) in [6.07, 6.45) is 4.28. The fourth-order valence-corrected chi connectivity index (χ4v) is 4.15. The predicted octanol–water partition coefficient (Wildman–Crippen LogP) is 5.43. The van der Waals surface area contributed by atoms with E-state index in [0.717, 1.165) is 34.9 Å². The lowest BCUT2D eigenvalue weighted by atomic mass is 9.86. The number of ether oxygens (including phenoxy) is 2. The number of para-hydroxylation sites is 2. The van der Waals surface area contributed by atoms with E-state index in [1.165, 1.54) is 5.56 Å². The van der Waals surface area contributed by atoms with E-state index < -0.39 is 0 Å². The molecule has 1 atom stereocenters. The first-order valence-corrected chi connectivity index (χ1v) is 11.1. The molecule has 3 aromatic rings. The van der Waals surface area contributed by atoms with Crippen LogP contribution in [0.15, 0.2) is 42.6 Å². The molecule has 1 unspecified atom stereocenters. The summed E-state index contributed by atoms with van der Waals surface area (Å²) < 4.78 is 11.3. The molecule has 1 aromatic heterocycles. The lowest BCUT2D eigenvalue weighted by molar-refractivity contribution is -0.121. The lowest BCUT2D eigenvalue weighted by Gasteiger charge is -2.21. The first-order chi connectivity index (χ1) is 15.0. The molecule has 5 nitrogen and oxygen atoms in total. The minimum Gasteiger partial charge on any atom is -0.493 e. The molecule has 2 aromatic carbocycles. The fourth-order valence-electron chi connectivity index (χ4n) is 4.15. The number of carbonyl (C=O) groups is 1. The molecule has 0 fully saturated rings. The first kappa shape index (κ1) is 22.7. The van der Waals surface area contributed by atoms with E-state index in [9.17, 15) is 4.79 Å². The molecule has 0 saturated heterocycles. The van der Waals surface area contributed by atoms with Crippen LogP contribution in [0.3, 0.4) is 0 Å². The number of fused-ring (bicyclic) bond motifs is 1. The molecule has 3 rings (SSSR count). The number of hydrogen-bond donors (Lipinski definition) is 2. The molecule has 0 radical (unpaired) electrons. The molecule has 0 aliphatic carbocycles. The Kier molecular flexibility index (Phi) is 7.61. The molecule has 0 aliphatic rings. The van der Waals surface area contributed by atoms with Crippen molar-refractivity contribution in [3.63, 3.8) is 0 Å². The van der Waals surface area contributed by atoms with Crippen molar-refractivity contribution in [3.05, 3.63) is 59.3 Å². The van der Waals surface area contributed by atoms with Gasteiger partial charge in [-0.1, -0.05) is 51.1 Å². The number of nitrogens with one attached hydrogen (secondary N) is 2. The molecule has 166 valence electrons. The standard InChI is InChI=1S/C26H34N2O3/c1-6-18-9-7-10-19-22(16-28-25(18)19)21(15-24(29)27-14-13-17(2)3)20-11-8-12-23(30-4)26(20)31-5/h7-12,16-17,21,28H,6,13-15H2,1-5H3,(H,27,29). The van der Waals surface area contributed by atoms with Crippen molar-refractivity contribution >= 4 is 16.8 Å². The monoisotopic (exact) mass is 422 g/mol. The average molecular weight is 423 g/mol. The molecule has 31 heavy (non-hydrogen) atoms. The Hall–Kier alpha value is -2.95. The summed E-state index contributed by atoms with van der Waals surface area (Å²) in [7, 11) is 3.28. The second-order valence-electron chi connectivity index (χ2n) is 8.31. The van der Waals surface area contributed by atoms with E-state index in [1.807, 2.05) is 24.4 Å². The number of carbonyl (C=O) groups excluding carboxylic acids is 1. The van der Waals surface area contributed by atoms with E-state index in [0.29, 0.717) is 30.4 Å². The molecule has 1 amide bonds. The van der Waals surface area contributed by atoms with Gasteiger partial charge in [0.15, 0.2) is 11.5 Å². The Balaban J connectivity index is 2.05. The zero-order valence-electron chi connectivity index (χ0n) is 19.2. The minimum absolute atomic E-state index is 0.0384. The molecule has 1 heterocycles. The molecule has 5 heteroatoms. The zero-order chi connectivity index (χ0) is 22.4. The van der Waals surface area contributed by atoms with Gasteiger partial charge in [0.1, 0.15) is 0 Å². The van der Waals surface area contributed by atoms with Gasteiger partial charge in [0.05, 0.1) is 14.2 Å². The van der Waals surface area contributed by atoms with E-state index in [4.69, 9.17) is 9.47 Å². The smallest absolute Gasteiger partial charge is 0.220 e. The van der Waals surface area contributed by atoms with E-state index in [1.54, 1.807) is 14.2 Å². The van der Waals surface area contributed by atoms with Crippen LogP contribution in [0.1, 0.15) is 56.2 Å². The van der Waals surface area contributed by atoms with Gasteiger partial charge in [0.2, 0.25) is 5.91 Å². The molecule has 0 aliphatic heterocycles. The number of rotatable bonds is 10. The Labute approximate surface area is 185 Å². The number of aromatic nitrogens is 1. The maximum atomic E-state index is 12.9. The summed E-state index contributed by atoms with van der Waals surface area (Å²) in [5.41, 5.74) is 4.44. The van der Waals surface area contributed by atoms with Crippen molar-refractivity contribution < 1.29 is 14.3 Å². The van der Waals surface area contributed by atoms with Gasteiger partial charge in [0, 0.05) is 41.5 Å². The normalized spacial score (nSPS) is 12.2.